The third-order valence-corrected chi connectivity index (χ3v) is 6.65. The fourth-order valence-corrected chi connectivity index (χ4v) is 5.20. The Labute approximate surface area is 184 Å². The first-order chi connectivity index (χ1) is 15.0. The number of esters is 1. The van der Waals surface area contributed by atoms with Crippen molar-refractivity contribution in [1.82, 2.24) is 4.57 Å². The molecule has 2 aliphatic rings. The number of hydrogen-bond donors (Lipinski definition) is 0. The number of hydrogen-bond acceptors (Lipinski definition) is 6. The van der Waals surface area contributed by atoms with Crippen molar-refractivity contribution in [3.05, 3.63) is 72.9 Å². The van der Waals surface area contributed by atoms with Crippen LogP contribution >= 0.6 is 11.3 Å². The minimum absolute atomic E-state index is 0.117. The van der Waals surface area contributed by atoms with Crippen LogP contribution in [-0.4, -0.2) is 24.3 Å². The zero-order chi connectivity index (χ0) is 22.0. The van der Waals surface area contributed by atoms with E-state index in [1.165, 1.54) is 11.3 Å². The average Bonchev–Trinajstić information content (AvgIpc) is 3.08. The molecule has 1 aromatic carbocycles. The maximum Gasteiger partial charge on any atom is 0.338 e. The second-order valence-corrected chi connectivity index (χ2v) is 8.65. The summed E-state index contributed by atoms with van der Waals surface area (Å²) in [5.74, 6) is 0.604. The van der Waals surface area contributed by atoms with Gasteiger partial charge < -0.3 is 9.47 Å². The van der Waals surface area contributed by atoms with Gasteiger partial charge in [-0.3, -0.25) is 9.36 Å². The lowest BCUT2D eigenvalue weighted by Crippen LogP contribution is -2.40. The van der Waals surface area contributed by atoms with E-state index >= 15 is 0 Å². The summed E-state index contributed by atoms with van der Waals surface area (Å²) in [5.41, 5.74) is 1.67. The minimum atomic E-state index is -0.588. The zero-order valence-corrected chi connectivity index (χ0v) is 18.8. The van der Waals surface area contributed by atoms with E-state index in [4.69, 9.17) is 9.47 Å². The summed E-state index contributed by atoms with van der Waals surface area (Å²) in [6.45, 7) is 3.82. The molecule has 2 atom stereocenters. The van der Waals surface area contributed by atoms with Crippen LogP contribution in [-0.2, 0) is 9.53 Å². The molecular weight excluding hydrogens is 412 g/mol. The molecule has 162 valence electrons. The van der Waals surface area contributed by atoms with E-state index in [2.05, 4.69) is 23.2 Å². The molecule has 2 unspecified atom stereocenters. The summed E-state index contributed by atoms with van der Waals surface area (Å²) in [6.07, 6.45) is 9.43. The van der Waals surface area contributed by atoms with Gasteiger partial charge in [-0.2, -0.15) is 0 Å². The first-order valence-electron chi connectivity index (χ1n) is 10.5. The molecule has 0 spiro atoms. The van der Waals surface area contributed by atoms with E-state index in [1.807, 2.05) is 24.3 Å². The summed E-state index contributed by atoms with van der Waals surface area (Å²) in [5, 5.41) is 0. The third kappa shape index (κ3) is 4.14. The van der Waals surface area contributed by atoms with Crippen LogP contribution < -0.4 is 19.6 Å². The Morgan fingerprint density at radius 1 is 1.29 bits per heavy atom. The Hall–Kier alpha value is -2.93. The van der Waals surface area contributed by atoms with E-state index < -0.39 is 12.0 Å². The topological polar surface area (TPSA) is 69.9 Å². The van der Waals surface area contributed by atoms with Crippen LogP contribution in [0, 0.1) is 5.92 Å². The summed E-state index contributed by atoms with van der Waals surface area (Å²) >= 11 is 1.39. The molecule has 1 aliphatic heterocycles. The van der Waals surface area contributed by atoms with Crippen LogP contribution in [0.15, 0.2) is 57.5 Å². The average molecular weight is 439 g/mol. The molecular formula is C24H26N2O4S. The first-order valence-corrected chi connectivity index (χ1v) is 11.3. The van der Waals surface area contributed by atoms with Crippen LogP contribution in [0.2, 0.25) is 0 Å². The summed E-state index contributed by atoms with van der Waals surface area (Å²) in [7, 11) is 1.60. The van der Waals surface area contributed by atoms with Crippen LogP contribution in [0.4, 0.5) is 0 Å². The van der Waals surface area contributed by atoms with Crippen molar-refractivity contribution in [3.8, 4) is 5.75 Å². The predicted octanol–water partition coefficient (Wildman–Crippen LogP) is 3.11. The van der Waals surface area contributed by atoms with E-state index in [1.54, 1.807) is 25.5 Å². The highest BCUT2D eigenvalue weighted by Crippen LogP contribution is 2.31. The van der Waals surface area contributed by atoms with E-state index in [0.717, 1.165) is 24.8 Å². The number of carbonyl (C=O) groups excluding carboxylic acids is 1. The summed E-state index contributed by atoms with van der Waals surface area (Å²) in [6, 6.07) is 6.83. The van der Waals surface area contributed by atoms with Crippen molar-refractivity contribution in [3.63, 3.8) is 0 Å². The second kappa shape index (κ2) is 9.06. The van der Waals surface area contributed by atoms with Gasteiger partial charge in [-0.15, -0.1) is 0 Å². The van der Waals surface area contributed by atoms with Crippen molar-refractivity contribution in [2.24, 2.45) is 10.9 Å². The molecule has 0 saturated carbocycles. The van der Waals surface area contributed by atoms with Crippen molar-refractivity contribution < 1.29 is 14.3 Å². The van der Waals surface area contributed by atoms with E-state index in [-0.39, 0.29) is 12.2 Å². The second-order valence-electron chi connectivity index (χ2n) is 7.64. The standard InChI is InChI=1S/C24H26N2O4S/c1-4-30-23(28)20-15(2)25-24-26(21(20)17-10-12-18(29-3)13-11-17)22(27)19(31-24)14-16-8-6-5-7-9-16/h5-6,10-14,16,21H,4,7-9H2,1-3H3. The normalized spacial score (nSPS) is 20.9. The van der Waals surface area contributed by atoms with Crippen molar-refractivity contribution >= 4 is 23.4 Å². The lowest BCUT2D eigenvalue weighted by molar-refractivity contribution is -0.139. The number of thiazole rings is 1. The van der Waals surface area contributed by atoms with Crippen LogP contribution in [0.25, 0.3) is 6.08 Å². The molecule has 0 fully saturated rings. The molecule has 0 radical (unpaired) electrons. The Balaban J connectivity index is 1.89. The first kappa shape index (κ1) is 21.3. The zero-order valence-electron chi connectivity index (χ0n) is 18.0. The highest BCUT2D eigenvalue weighted by molar-refractivity contribution is 7.07. The highest BCUT2D eigenvalue weighted by Gasteiger charge is 2.33. The Kier molecular flexibility index (Phi) is 6.23. The molecule has 6 nitrogen and oxygen atoms in total. The van der Waals surface area contributed by atoms with E-state index in [9.17, 15) is 9.59 Å². The number of methoxy groups -OCH3 is 1. The molecule has 0 amide bonds. The fourth-order valence-electron chi connectivity index (χ4n) is 4.09. The lowest BCUT2D eigenvalue weighted by Gasteiger charge is -2.24. The Bertz CT molecular complexity index is 1220. The van der Waals surface area contributed by atoms with Crippen LogP contribution in [0.3, 0.4) is 0 Å². The molecule has 4 rings (SSSR count). The number of ether oxygens (including phenoxy) is 2. The molecule has 2 aromatic rings. The number of fused-ring (bicyclic) bond motifs is 1. The Morgan fingerprint density at radius 2 is 2.06 bits per heavy atom. The number of nitrogens with zero attached hydrogens (tertiary/aromatic N) is 2. The van der Waals surface area contributed by atoms with Crippen LogP contribution in [0.1, 0.15) is 44.7 Å². The van der Waals surface area contributed by atoms with Gasteiger partial charge in [0.25, 0.3) is 5.56 Å². The maximum atomic E-state index is 13.5. The minimum Gasteiger partial charge on any atom is -0.497 e. The molecule has 31 heavy (non-hydrogen) atoms. The monoisotopic (exact) mass is 438 g/mol. The maximum absolute atomic E-state index is 13.5. The number of rotatable bonds is 5. The van der Waals surface area contributed by atoms with Crippen molar-refractivity contribution in [2.75, 3.05) is 13.7 Å². The fraction of sp³-hybridized carbons (Fsp3) is 0.375. The van der Waals surface area contributed by atoms with E-state index in [0.29, 0.717) is 32.3 Å². The van der Waals surface area contributed by atoms with Crippen molar-refractivity contribution in [2.45, 2.75) is 39.2 Å². The van der Waals surface area contributed by atoms with Gasteiger partial charge in [0.15, 0.2) is 4.80 Å². The molecule has 7 heteroatoms. The van der Waals surface area contributed by atoms with Crippen LogP contribution in [0.5, 0.6) is 5.75 Å². The molecule has 0 bridgehead atoms. The van der Waals surface area contributed by atoms with Gasteiger partial charge in [-0.05, 0) is 56.7 Å². The number of allylic oxidation sites excluding steroid dienone is 3. The van der Waals surface area contributed by atoms with Gasteiger partial charge in [-0.25, -0.2) is 9.79 Å². The van der Waals surface area contributed by atoms with Gasteiger partial charge in [0.2, 0.25) is 0 Å². The number of aromatic nitrogens is 1. The van der Waals surface area contributed by atoms with Gasteiger partial charge in [-0.1, -0.05) is 41.7 Å². The quantitative estimate of drug-likeness (QED) is 0.531. The molecule has 0 saturated heterocycles. The summed E-state index contributed by atoms with van der Waals surface area (Å²) < 4.78 is 12.9. The van der Waals surface area contributed by atoms with Gasteiger partial charge in [0.05, 0.1) is 35.6 Å². The molecule has 1 aliphatic carbocycles. The van der Waals surface area contributed by atoms with Gasteiger partial charge in [0, 0.05) is 0 Å². The van der Waals surface area contributed by atoms with Gasteiger partial charge in [0.1, 0.15) is 5.75 Å². The Morgan fingerprint density at radius 3 is 2.71 bits per heavy atom. The van der Waals surface area contributed by atoms with Gasteiger partial charge >= 0.3 is 5.97 Å². The number of benzene rings is 1. The SMILES string of the molecule is CCOC(=O)C1=C(C)N=c2sc(=CC3CC=CCC3)c(=O)n2C1c1ccc(OC)cc1. The largest absolute Gasteiger partial charge is 0.497 e. The predicted molar refractivity (Wildman–Crippen MR) is 121 cm³/mol. The molecule has 0 N–H and O–H groups in total. The highest BCUT2D eigenvalue weighted by atomic mass is 32.1. The third-order valence-electron chi connectivity index (χ3n) is 5.65. The number of carbonyl (C=O) groups is 1. The molecule has 2 heterocycles. The lowest BCUT2D eigenvalue weighted by atomic mass is 9.94. The van der Waals surface area contributed by atoms with Crippen molar-refractivity contribution in [1.29, 1.82) is 0 Å². The smallest absolute Gasteiger partial charge is 0.338 e. The summed E-state index contributed by atoms with van der Waals surface area (Å²) in [4.78, 5) is 31.6. The molecule has 1 aromatic heterocycles.